The Morgan fingerprint density at radius 2 is 1.50 bits per heavy atom. The highest BCUT2D eigenvalue weighted by atomic mass is 19.4. The fourth-order valence-electron chi connectivity index (χ4n) is 3.07. The summed E-state index contributed by atoms with van der Waals surface area (Å²) >= 11 is 0. The van der Waals surface area contributed by atoms with Crippen LogP contribution in [0.1, 0.15) is 11.1 Å². The van der Waals surface area contributed by atoms with Crippen LogP contribution in [0.5, 0.6) is 17.2 Å². The fraction of sp³-hybridized carbons (Fsp3) is 0.167. The van der Waals surface area contributed by atoms with Crippen molar-refractivity contribution in [2.24, 2.45) is 5.73 Å². The van der Waals surface area contributed by atoms with Gasteiger partial charge in [-0.25, -0.2) is 4.39 Å². The van der Waals surface area contributed by atoms with E-state index >= 15 is 0 Å². The Morgan fingerprint density at radius 3 is 2.09 bits per heavy atom. The number of ether oxygens (including phenoxy) is 2. The number of rotatable bonds is 9. The van der Waals surface area contributed by atoms with E-state index in [-0.39, 0.29) is 24.2 Å². The van der Waals surface area contributed by atoms with Crippen molar-refractivity contribution in [3.8, 4) is 17.2 Å². The van der Waals surface area contributed by atoms with Gasteiger partial charge in [-0.2, -0.15) is 0 Å². The Labute approximate surface area is 192 Å². The predicted molar refractivity (Wildman–Crippen MR) is 115 cm³/mol. The van der Waals surface area contributed by atoms with Crippen LogP contribution in [0.2, 0.25) is 0 Å². The molecule has 0 bridgehead atoms. The van der Waals surface area contributed by atoms with Crippen molar-refractivity contribution < 1.29 is 36.6 Å². The molecule has 0 radical (unpaired) electrons. The first-order chi connectivity index (χ1) is 16.1. The number of alkyl halides is 3. The molecule has 6 nitrogen and oxygen atoms in total. The van der Waals surface area contributed by atoms with Gasteiger partial charge in [-0.15, -0.1) is 13.2 Å². The van der Waals surface area contributed by atoms with E-state index in [9.17, 15) is 27.2 Å². The number of primary amides is 1. The summed E-state index contributed by atoms with van der Waals surface area (Å²) in [7, 11) is 0. The summed E-state index contributed by atoms with van der Waals surface area (Å²) < 4.78 is 59.6. The molecule has 0 fully saturated rings. The summed E-state index contributed by atoms with van der Waals surface area (Å²) in [5.41, 5.74) is 6.36. The molecule has 2 amide bonds. The molecular formula is C24H20F4N2O4. The Kier molecular flexibility index (Phi) is 7.72. The molecule has 0 aromatic heterocycles. The van der Waals surface area contributed by atoms with Crippen molar-refractivity contribution in [2.75, 3.05) is 0 Å². The molecule has 0 aliphatic heterocycles. The summed E-state index contributed by atoms with van der Waals surface area (Å²) in [4.78, 5) is 24.2. The number of nitrogens with two attached hydrogens (primary N) is 1. The van der Waals surface area contributed by atoms with Gasteiger partial charge in [0.25, 0.3) is 0 Å². The quantitative estimate of drug-likeness (QED) is 0.452. The Balaban J connectivity index is 1.59. The molecule has 3 aromatic carbocycles. The van der Waals surface area contributed by atoms with Gasteiger partial charge < -0.3 is 20.5 Å². The van der Waals surface area contributed by atoms with E-state index in [0.29, 0.717) is 17.1 Å². The zero-order valence-corrected chi connectivity index (χ0v) is 17.6. The second kappa shape index (κ2) is 10.7. The molecule has 0 spiro atoms. The molecule has 0 saturated heterocycles. The van der Waals surface area contributed by atoms with Crippen molar-refractivity contribution in [1.29, 1.82) is 0 Å². The molecule has 0 heterocycles. The van der Waals surface area contributed by atoms with E-state index in [1.807, 2.05) is 0 Å². The Bertz CT molecular complexity index is 1130. The van der Waals surface area contributed by atoms with Crippen molar-refractivity contribution in [1.82, 2.24) is 5.32 Å². The summed E-state index contributed by atoms with van der Waals surface area (Å²) in [6.45, 7) is 0. The SMILES string of the molecule is NC(=O)C(Cc1ccc(Oc2ccc(F)cc2)cc1)NC(=O)Cc1cccc(OC(F)(F)F)c1. The average Bonchev–Trinajstić information content (AvgIpc) is 2.75. The van der Waals surface area contributed by atoms with Crippen LogP contribution in [0.25, 0.3) is 0 Å². The number of nitrogens with one attached hydrogen (secondary N) is 1. The second-order valence-electron chi connectivity index (χ2n) is 7.30. The van der Waals surface area contributed by atoms with Crippen LogP contribution in [0, 0.1) is 5.82 Å². The molecule has 178 valence electrons. The molecule has 0 aliphatic rings. The highest BCUT2D eigenvalue weighted by molar-refractivity contribution is 5.87. The van der Waals surface area contributed by atoms with E-state index in [1.165, 1.54) is 36.4 Å². The number of carbonyl (C=O) groups excluding carboxylic acids is 2. The van der Waals surface area contributed by atoms with Gasteiger partial charge in [0, 0.05) is 6.42 Å². The lowest BCUT2D eigenvalue weighted by molar-refractivity contribution is -0.274. The van der Waals surface area contributed by atoms with E-state index in [2.05, 4.69) is 10.1 Å². The molecule has 0 aliphatic carbocycles. The van der Waals surface area contributed by atoms with Crippen LogP contribution in [-0.2, 0) is 22.4 Å². The second-order valence-corrected chi connectivity index (χ2v) is 7.30. The number of halogens is 4. The molecule has 3 rings (SSSR count). The predicted octanol–water partition coefficient (Wildman–Crippen LogP) is 4.27. The van der Waals surface area contributed by atoms with Crippen LogP contribution in [-0.4, -0.2) is 24.2 Å². The molecule has 34 heavy (non-hydrogen) atoms. The normalized spacial score (nSPS) is 12.0. The standard InChI is InChI=1S/C24H20F4N2O4/c25-17-6-10-19(11-7-17)33-18-8-4-15(5-9-18)13-21(23(29)32)30-22(31)14-16-2-1-3-20(12-16)34-24(26,27)28/h1-12,21H,13-14H2,(H2,29,32)(H,30,31). The van der Waals surface area contributed by atoms with Crippen LogP contribution in [0.4, 0.5) is 17.6 Å². The van der Waals surface area contributed by atoms with Crippen LogP contribution in [0.15, 0.2) is 72.8 Å². The smallest absolute Gasteiger partial charge is 0.457 e. The minimum Gasteiger partial charge on any atom is -0.457 e. The van der Waals surface area contributed by atoms with Crippen molar-refractivity contribution >= 4 is 11.8 Å². The monoisotopic (exact) mass is 476 g/mol. The summed E-state index contributed by atoms with van der Waals surface area (Å²) in [5.74, 6) is -1.27. The van der Waals surface area contributed by atoms with E-state index < -0.39 is 30.0 Å². The first kappa shape index (κ1) is 24.6. The van der Waals surface area contributed by atoms with E-state index in [0.717, 1.165) is 12.1 Å². The number of carbonyl (C=O) groups is 2. The molecule has 3 N–H and O–H groups in total. The highest BCUT2D eigenvalue weighted by Gasteiger charge is 2.31. The van der Waals surface area contributed by atoms with Gasteiger partial charge in [0.1, 0.15) is 29.1 Å². The number of benzene rings is 3. The first-order valence-electron chi connectivity index (χ1n) is 10.0. The van der Waals surface area contributed by atoms with Gasteiger partial charge in [-0.1, -0.05) is 24.3 Å². The number of hydrogen-bond acceptors (Lipinski definition) is 4. The lowest BCUT2D eigenvalue weighted by Crippen LogP contribution is -2.46. The van der Waals surface area contributed by atoms with Crippen molar-refractivity contribution in [2.45, 2.75) is 25.2 Å². The first-order valence-corrected chi connectivity index (χ1v) is 10.0. The molecule has 3 aromatic rings. The third-order valence-electron chi connectivity index (χ3n) is 4.59. The van der Waals surface area contributed by atoms with Crippen LogP contribution >= 0.6 is 0 Å². The minimum absolute atomic E-state index is 0.0924. The van der Waals surface area contributed by atoms with Crippen LogP contribution < -0.4 is 20.5 Å². The number of amides is 2. The molecule has 1 unspecified atom stereocenters. The largest absolute Gasteiger partial charge is 0.573 e. The molecule has 0 saturated carbocycles. The summed E-state index contributed by atoms with van der Waals surface area (Å²) in [6.07, 6.45) is -5.03. The Morgan fingerprint density at radius 1 is 0.882 bits per heavy atom. The van der Waals surface area contributed by atoms with Gasteiger partial charge in [-0.05, 0) is 59.7 Å². The van der Waals surface area contributed by atoms with Gasteiger partial charge in [0.15, 0.2) is 0 Å². The summed E-state index contributed by atoms with van der Waals surface area (Å²) in [5, 5.41) is 2.50. The van der Waals surface area contributed by atoms with Crippen LogP contribution in [0.3, 0.4) is 0 Å². The van der Waals surface area contributed by atoms with Crippen molar-refractivity contribution in [3.05, 3.63) is 89.7 Å². The lowest BCUT2D eigenvalue weighted by Gasteiger charge is -2.16. The van der Waals surface area contributed by atoms with E-state index in [4.69, 9.17) is 10.5 Å². The van der Waals surface area contributed by atoms with Gasteiger partial charge in [0.05, 0.1) is 6.42 Å². The average molecular weight is 476 g/mol. The highest BCUT2D eigenvalue weighted by Crippen LogP contribution is 2.24. The third kappa shape index (κ3) is 7.80. The maximum atomic E-state index is 13.0. The minimum atomic E-state index is -4.85. The molecule has 10 heteroatoms. The van der Waals surface area contributed by atoms with Crippen molar-refractivity contribution in [3.63, 3.8) is 0 Å². The number of hydrogen-bond donors (Lipinski definition) is 2. The topological polar surface area (TPSA) is 90.7 Å². The maximum Gasteiger partial charge on any atom is 0.573 e. The zero-order valence-electron chi connectivity index (χ0n) is 17.6. The summed E-state index contributed by atoms with van der Waals surface area (Å²) in [6, 6.07) is 16.1. The lowest BCUT2D eigenvalue weighted by atomic mass is 10.0. The van der Waals surface area contributed by atoms with Gasteiger partial charge in [-0.3, -0.25) is 9.59 Å². The Hall–Kier alpha value is -4.08. The fourth-order valence-corrected chi connectivity index (χ4v) is 3.07. The maximum absolute atomic E-state index is 13.0. The van der Waals surface area contributed by atoms with Gasteiger partial charge in [0.2, 0.25) is 11.8 Å². The van der Waals surface area contributed by atoms with Gasteiger partial charge >= 0.3 is 6.36 Å². The molecular weight excluding hydrogens is 456 g/mol. The third-order valence-corrected chi connectivity index (χ3v) is 4.59. The molecule has 1 atom stereocenters. The van der Waals surface area contributed by atoms with E-state index in [1.54, 1.807) is 24.3 Å². The zero-order chi connectivity index (χ0) is 24.7.